The highest BCUT2D eigenvalue weighted by atomic mass is 19.1. The maximum absolute atomic E-state index is 14.3. The van der Waals surface area contributed by atoms with Crippen LogP contribution in [0.25, 0.3) is 16.8 Å². The number of nitrogens with zero attached hydrogens (tertiary/aromatic N) is 2. The molecule has 1 aromatic carbocycles. The number of carbonyl (C=O) groups is 1. The van der Waals surface area contributed by atoms with Gasteiger partial charge in [0.1, 0.15) is 6.07 Å². The molecule has 0 atom stereocenters. The highest BCUT2D eigenvalue weighted by molar-refractivity contribution is 5.88. The van der Waals surface area contributed by atoms with Gasteiger partial charge in [0, 0.05) is 6.20 Å². The Hall–Kier alpha value is -3.13. The lowest BCUT2D eigenvalue weighted by Crippen LogP contribution is -1.96. The highest BCUT2D eigenvalue weighted by Crippen LogP contribution is 2.28. The van der Waals surface area contributed by atoms with E-state index >= 15 is 0 Å². The van der Waals surface area contributed by atoms with Gasteiger partial charge in [-0.05, 0) is 42.3 Å². The lowest BCUT2D eigenvalue weighted by Gasteiger charge is -2.05. The van der Waals surface area contributed by atoms with Crippen LogP contribution in [0.5, 0.6) is 0 Å². The van der Waals surface area contributed by atoms with Crippen molar-refractivity contribution in [1.82, 2.24) is 4.40 Å². The van der Waals surface area contributed by atoms with Crippen molar-refractivity contribution in [3.8, 4) is 17.3 Å². The van der Waals surface area contributed by atoms with E-state index in [1.807, 2.05) is 6.07 Å². The molecule has 5 heteroatoms. The van der Waals surface area contributed by atoms with Crippen molar-refractivity contribution >= 4 is 11.5 Å². The fraction of sp³-hybridized carbons (Fsp3) is 0.0588. The molecule has 1 N–H and O–H groups in total. The number of nitriles is 1. The Morgan fingerprint density at radius 1 is 1.27 bits per heavy atom. The standard InChI is InChI=1S/C17H11FN2O2/c1-10-6-7-20-14(8-13(9-19)16(20)15(10)18)11-2-4-12(5-3-11)17(21)22/h2-8H,1H3,(H,21,22). The van der Waals surface area contributed by atoms with Crippen LogP contribution in [-0.4, -0.2) is 15.5 Å². The normalized spacial score (nSPS) is 10.6. The van der Waals surface area contributed by atoms with Crippen molar-refractivity contribution in [2.24, 2.45) is 0 Å². The monoisotopic (exact) mass is 294 g/mol. The van der Waals surface area contributed by atoms with E-state index in [1.165, 1.54) is 12.1 Å². The average molecular weight is 294 g/mol. The third-order valence-electron chi connectivity index (χ3n) is 3.61. The van der Waals surface area contributed by atoms with Crippen LogP contribution in [0.4, 0.5) is 4.39 Å². The first-order valence-electron chi connectivity index (χ1n) is 6.57. The molecule has 0 spiro atoms. The van der Waals surface area contributed by atoms with Crippen LogP contribution in [0.3, 0.4) is 0 Å². The Labute approximate surface area is 125 Å². The van der Waals surface area contributed by atoms with Gasteiger partial charge >= 0.3 is 5.97 Å². The van der Waals surface area contributed by atoms with Crippen LogP contribution < -0.4 is 0 Å². The molecule has 0 unspecified atom stereocenters. The van der Waals surface area contributed by atoms with Gasteiger partial charge < -0.3 is 9.51 Å². The molecule has 2 heterocycles. The largest absolute Gasteiger partial charge is 0.478 e. The van der Waals surface area contributed by atoms with Gasteiger partial charge in [0.15, 0.2) is 5.82 Å². The number of hydrogen-bond acceptors (Lipinski definition) is 2. The van der Waals surface area contributed by atoms with Gasteiger partial charge in [0.05, 0.1) is 22.3 Å². The van der Waals surface area contributed by atoms with Gasteiger partial charge in [-0.2, -0.15) is 5.26 Å². The zero-order chi connectivity index (χ0) is 15.9. The fourth-order valence-electron chi connectivity index (χ4n) is 2.44. The summed E-state index contributed by atoms with van der Waals surface area (Å²) >= 11 is 0. The third-order valence-corrected chi connectivity index (χ3v) is 3.61. The lowest BCUT2D eigenvalue weighted by molar-refractivity contribution is 0.0697. The molecule has 0 bridgehead atoms. The fourth-order valence-corrected chi connectivity index (χ4v) is 2.44. The molecule has 0 saturated carbocycles. The average Bonchev–Trinajstić information content (AvgIpc) is 2.90. The topological polar surface area (TPSA) is 65.5 Å². The van der Waals surface area contributed by atoms with Gasteiger partial charge in [-0.3, -0.25) is 0 Å². The first-order valence-corrected chi connectivity index (χ1v) is 6.57. The summed E-state index contributed by atoms with van der Waals surface area (Å²) in [7, 11) is 0. The first-order chi connectivity index (χ1) is 10.5. The molecule has 0 amide bonds. The number of halogens is 1. The number of aromatic nitrogens is 1. The Balaban J connectivity index is 2.26. The van der Waals surface area contributed by atoms with Crippen LogP contribution in [0.1, 0.15) is 21.5 Å². The number of aromatic carboxylic acids is 1. The maximum atomic E-state index is 14.3. The summed E-state index contributed by atoms with van der Waals surface area (Å²) in [5.41, 5.74) is 2.48. The summed E-state index contributed by atoms with van der Waals surface area (Å²) < 4.78 is 15.9. The number of pyridine rings is 1. The van der Waals surface area contributed by atoms with E-state index in [2.05, 4.69) is 0 Å². The molecule has 0 fully saturated rings. The Morgan fingerprint density at radius 2 is 1.95 bits per heavy atom. The number of carboxylic acids is 1. The molecule has 22 heavy (non-hydrogen) atoms. The van der Waals surface area contributed by atoms with Crippen molar-refractivity contribution < 1.29 is 14.3 Å². The SMILES string of the molecule is Cc1ccn2c(-c3ccc(C(=O)O)cc3)cc(C#N)c2c1F. The number of fused-ring (bicyclic) bond motifs is 1. The van der Waals surface area contributed by atoms with Gasteiger partial charge in [0.25, 0.3) is 0 Å². The van der Waals surface area contributed by atoms with Crippen molar-refractivity contribution in [2.45, 2.75) is 6.92 Å². The summed E-state index contributed by atoms with van der Waals surface area (Å²) in [6.07, 6.45) is 1.70. The molecule has 2 aromatic heterocycles. The molecule has 3 aromatic rings. The van der Waals surface area contributed by atoms with Gasteiger partial charge in [-0.1, -0.05) is 12.1 Å². The Kier molecular flexibility index (Phi) is 3.15. The van der Waals surface area contributed by atoms with Gasteiger partial charge in [-0.25, -0.2) is 9.18 Å². The molecule has 108 valence electrons. The summed E-state index contributed by atoms with van der Waals surface area (Å²) in [5, 5.41) is 18.1. The van der Waals surface area contributed by atoms with E-state index in [4.69, 9.17) is 5.11 Å². The molecule has 0 aliphatic rings. The van der Waals surface area contributed by atoms with Crippen LogP contribution in [-0.2, 0) is 0 Å². The number of aryl methyl sites for hydroxylation is 1. The second kappa shape index (κ2) is 5.01. The van der Waals surface area contributed by atoms with E-state index in [-0.39, 0.29) is 16.6 Å². The smallest absolute Gasteiger partial charge is 0.335 e. The summed E-state index contributed by atoms with van der Waals surface area (Å²) in [4.78, 5) is 10.9. The minimum Gasteiger partial charge on any atom is -0.478 e. The number of rotatable bonds is 2. The summed E-state index contributed by atoms with van der Waals surface area (Å²) in [6.45, 7) is 1.64. The second-order valence-corrected chi connectivity index (χ2v) is 4.97. The van der Waals surface area contributed by atoms with Crippen molar-refractivity contribution in [3.05, 3.63) is 65.1 Å². The van der Waals surface area contributed by atoms with Gasteiger partial charge in [-0.15, -0.1) is 0 Å². The van der Waals surface area contributed by atoms with Crippen LogP contribution in [0, 0.1) is 24.1 Å². The first kappa shape index (κ1) is 13.8. The van der Waals surface area contributed by atoms with Crippen molar-refractivity contribution in [2.75, 3.05) is 0 Å². The minimum absolute atomic E-state index is 0.173. The maximum Gasteiger partial charge on any atom is 0.335 e. The molecule has 0 aliphatic carbocycles. The number of carboxylic acid groups (broad SMARTS) is 1. The zero-order valence-corrected chi connectivity index (χ0v) is 11.7. The van der Waals surface area contributed by atoms with Crippen LogP contribution in [0.2, 0.25) is 0 Å². The molecular formula is C17H11FN2O2. The molecule has 4 nitrogen and oxygen atoms in total. The van der Waals surface area contributed by atoms with Gasteiger partial charge in [0.2, 0.25) is 0 Å². The van der Waals surface area contributed by atoms with E-state index in [1.54, 1.807) is 41.8 Å². The van der Waals surface area contributed by atoms with Crippen LogP contribution >= 0.6 is 0 Å². The minimum atomic E-state index is -1.01. The molecule has 0 saturated heterocycles. The predicted octanol–water partition coefficient (Wildman–Crippen LogP) is 3.62. The summed E-state index contributed by atoms with van der Waals surface area (Å²) in [5.74, 6) is -1.43. The summed E-state index contributed by atoms with van der Waals surface area (Å²) in [6, 6.07) is 11.5. The Bertz CT molecular complexity index is 934. The Morgan fingerprint density at radius 3 is 2.55 bits per heavy atom. The third kappa shape index (κ3) is 2.02. The van der Waals surface area contributed by atoms with E-state index in [0.29, 0.717) is 16.8 Å². The lowest BCUT2D eigenvalue weighted by atomic mass is 10.1. The molecular weight excluding hydrogens is 283 g/mol. The van der Waals surface area contributed by atoms with Crippen molar-refractivity contribution in [1.29, 1.82) is 5.26 Å². The highest BCUT2D eigenvalue weighted by Gasteiger charge is 2.15. The number of benzene rings is 1. The second-order valence-electron chi connectivity index (χ2n) is 4.97. The predicted molar refractivity (Wildman–Crippen MR) is 79.2 cm³/mol. The van der Waals surface area contributed by atoms with E-state index in [9.17, 15) is 14.4 Å². The van der Waals surface area contributed by atoms with Crippen molar-refractivity contribution in [3.63, 3.8) is 0 Å². The molecule has 3 rings (SSSR count). The van der Waals surface area contributed by atoms with Crippen LogP contribution in [0.15, 0.2) is 42.6 Å². The molecule has 0 radical (unpaired) electrons. The number of hydrogen-bond donors (Lipinski definition) is 1. The molecule has 0 aliphatic heterocycles. The zero-order valence-electron chi connectivity index (χ0n) is 11.7. The quantitative estimate of drug-likeness (QED) is 0.785. The van der Waals surface area contributed by atoms with E-state index in [0.717, 1.165) is 0 Å². The van der Waals surface area contributed by atoms with E-state index < -0.39 is 11.8 Å².